The van der Waals surface area contributed by atoms with Gasteiger partial charge in [0.15, 0.2) is 0 Å². The normalized spacial score (nSPS) is 19.3. The first-order valence-electron chi connectivity index (χ1n) is 5.98. The molecule has 0 aromatic heterocycles. The molecule has 0 amide bonds. The van der Waals surface area contributed by atoms with Crippen molar-refractivity contribution in [2.45, 2.75) is 37.8 Å². The smallest absolute Gasteiger partial charge is 0.0761 e. The molecule has 0 radical (unpaired) electrons. The van der Waals surface area contributed by atoms with Crippen molar-refractivity contribution in [2.75, 3.05) is 0 Å². The van der Waals surface area contributed by atoms with Gasteiger partial charge in [0, 0.05) is 9.50 Å². The van der Waals surface area contributed by atoms with Crippen molar-refractivity contribution in [2.24, 2.45) is 11.7 Å². The zero-order valence-electron chi connectivity index (χ0n) is 9.98. The number of benzene rings is 1. The summed E-state index contributed by atoms with van der Waals surface area (Å²) in [4.78, 5) is 0. The van der Waals surface area contributed by atoms with E-state index >= 15 is 0 Å². The first kappa shape index (κ1) is 16.3. The lowest BCUT2D eigenvalue weighted by Gasteiger charge is -2.25. The van der Waals surface area contributed by atoms with Crippen LogP contribution in [-0.4, -0.2) is 11.2 Å². The molecule has 0 spiro atoms. The fraction of sp³-hybridized carbons (Fsp3) is 0.538. The van der Waals surface area contributed by atoms with Crippen molar-refractivity contribution in [1.82, 2.24) is 0 Å². The molecule has 3 N–H and O–H groups in total. The van der Waals surface area contributed by atoms with E-state index in [1.54, 1.807) is 0 Å². The molecule has 1 aromatic carbocycles. The Morgan fingerprint density at radius 2 is 1.94 bits per heavy atom. The van der Waals surface area contributed by atoms with Crippen molar-refractivity contribution in [1.29, 1.82) is 0 Å². The van der Waals surface area contributed by atoms with Crippen LogP contribution in [0.5, 0.6) is 0 Å². The molecule has 2 rings (SSSR count). The van der Waals surface area contributed by atoms with Crippen LogP contribution in [0.15, 0.2) is 22.7 Å². The minimum absolute atomic E-state index is 0. The molecule has 0 unspecified atom stereocenters. The molecule has 0 bridgehead atoms. The Morgan fingerprint density at radius 3 is 2.56 bits per heavy atom. The Labute approximate surface area is 127 Å². The molecule has 0 aliphatic heterocycles. The maximum Gasteiger partial charge on any atom is 0.0761 e. The first-order valence-corrected chi connectivity index (χ1v) is 7.15. The molecule has 5 heteroatoms. The Kier molecular flexibility index (Phi) is 6.42. The van der Waals surface area contributed by atoms with Gasteiger partial charge in [-0.3, -0.25) is 0 Å². The van der Waals surface area contributed by atoms with Gasteiger partial charge in [-0.05, 0) is 42.5 Å². The fourth-order valence-corrected chi connectivity index (χ4v) is 3.24. The monoisotopic (exact) mass is 353 g/mol. The van der Waals surface area contributed by atoms with Crippen LogP contribution in [0.3, 0.4) is 0 Å². The molecule has 2 nitrogen and oxygen atoms in total. The van der Waals surface area contributed by atoms with Gasteiger partial charge in [0.2, 0.25) is 0 Å². The molecule has 0 saturated heterocycles. The molecule has 1 aromatic rings. The van der Waals surface area contributed by atoms with Crippen LogP contribution in [0.1, 0.15) is 37.3 Å². The third kappa shape index (κ3) is 3.61. The number of hydrogen-bond donors (Lipinski definition) is 2. The van der Waals surface area contributed by atoms with Crippen molar-refractivity contribution in [3.8, 4) is 0 Å². The number of rotatable bonds is 3. The van der Waals surface area contributed by atoms with E-state index in [0.717, 1.165) is 22.9 Å². The highest BCUT2D eigenvalue weighted by Crippen LogP contribution is 2.35. The predicted octanol–water partition coefficient (Wildman–Crippen LogP) is 4.08. The van der Waals surface area contributed by atoms with Gasteiger partial charge in [0.05, 0.1) is 12.1 Å². The van der Waals surface area contributed by atoms with Crippen LogP contribution in [0, 0.1) is 5.92 Å². The number of hydrogen-bond acceptors (Lipinski definition) is 2. The van der Waals surface area contributed by atoms with Gasteiger partial charge in [-0.15, -0.1) is 12.4 Å². The largest absolute Gasteiger partial charge is 0.391 e. The summed E-state index contributed by atoms with van der Waals surface area (Å²) in [5.41, 5.74) is 7.04. The van der Waals surface area contributed by atoms with E-state index in [4.69, 9.17) is 17.3 Å². The van der Waals surface area contributed by atoms with Crippen molar-refractivity contribution in [3.05, 3.63) is 33.3 Å². The summed E-state index contributed by atoms with van der Waals surface area (Å²) in [5.74, 6) is 0.330. The topological polar surface area (TPSA) is 46.2 Å². The second-order valence-electron chi connectivity index (χ2n) is 4.73. The van der Waals surface area contributed by atoms with E-state index < -0.39 is 6.10 Å². The van der Waals surface area contributed by atoms with Crippen LogP contribution in [0.25, 0.3) is 0 Å². The SMILES string of the molecule is Cl.N[C@H](c1cc(Cl)ccc1Br)[C@@H](O)C1CCCC1. The van der Waals surface area contributed by atoms with Crippen molar-refractivity contribution >= 4 is 39.9 Å². The quantitative estimate of drug-likeness (QED) is 0.859. The highest BCUT2D eigenvalue weighted by atomic mass is 79.9. The second kappa shape index (κ2) is 7.11. The maximum atomic E-state index is 10.3. The lowest BCUT2D eigenvalue weighted by molar-refractivity contribution is 0.0843. The third-order valence-corrected chi connectivity index (χ3v) is 4.53. The van der Waals surface area contributed by atoms with Gasteiger partial charge in [0.1, 0.15) is 0 Å². The van der Waals surface area contributed by atoms with Crippen LogP contribution in [0.4, 0.5) is 0 Å². The van der Waals surface area contributed by atoms with Gasteiger partial charge < -0.3 is 10.8 Å². The molecule has 1 aliphatic carbocycles. The highest BCUT2D eigenvalue weighted by molar-refractivity contribution is 9.10. The maximum absolute atomic E-state index is 10.3. The molecule has 1 fully saturated rings. The van der Waals surface area contributed by atoms with Gasteiger partial charge in [-0.1, -0.05) is 40.4 Å². The number of nitrogens with two attached hydrogens (primary N) is 1. The Morgan fingerprint density at radius 1 is 1.33 bits per heavy atom. The standard InChI is InChI=1S/C13H17BrClNO.ClH/c14-11-6-5-9(15)7-10(11)12(16)13(17)8-3-1-2-4-8;/h5-8,12-13,17H,1-4,16H2;1H/t12-,13+;/m1./s1. The molecule has 18 heavy (non-hydrogen) atoms. The zero-order valence-corrected chi connectivity index (χ0v) is 13.1. The summed E-state index contributed by atoms with van der Waals surface area (Å²) in [5, 5.41) is 10.9. The Bertz CT molecular complexity index is 397. The molecular formula is C13H18BrCl2NO. The zero-order chi connectivity index (χ0) is 12.4. The molecule has 102 valence electrons. The van der Waals surface area contributed by atoms with Crippen molar-refractivity contribution < 1.29 is 5.11 Å². The van der Waals surface area contributed by atoms with Gasteiger partial charge in [-0.25, -0.2) is 0 Å². The van der Waals surface area contributed by atoms with Gasteiger partial charge >= 0.3 is 0 Å². The Hall–Kier alpha value is 0.200. The van der Waals surface area contributed by atoms with Gasteiger partial charge in [-0.2, -0.15) is 0 Å². The molecule has 1 aliphatic rings. The minimum atomic E-state index is -0.479. The summed E-state index contributed by atoms with van der Waals surface area (Å²) in [7, 11) is 0. The van der Waals surface area contributed by atoms with E-state index in [0.29, 0.717) is 10.9 Å². The molecular weight excluding hydrogens is 337 g/mol. The first-order chi connectivity index (χ1) is 8.09. The minimum Gasteiger partial charge on any atom is -0.391 e. The van der Waals surface area contributed by atoms with E-state index in [9.17, 15) is 5.11 Å². The van der Waals surface area contributed by atoms with Crippen LogP contribution < -0.4 is 5.73 Å². The Balaban J connectivity index is 0.00000162. The lowest BCUT2D eigenvalue weighted by atomic mass is 9.91. The van der Waals surface area contributed by atoms with E-state index in [1.165, 1.54) is 12.8 Å². The number of halogens is 3. The average Bonchev–Trinajstić information content (AvgIpc) is 2.84. The summed E-state index contributed by atoms with van der Waals surface area (Å²) < 4.78 is 0.909. The van der Waals surface area contributed by atoms with E-state index in [-0.39, 0.29) is 18.4 Å². The number of aliphatic hydroxyl groups excluding tert-OH is 1. The van der Waals surface area contributed by atoms with Crippen LogP contribution in [-0.2, 0) is 0 Å². The average molecular weight is 355 g/mol. The molecule has 1 saturated carbocycles. The predicted molar refractivity (Wildman–Crippen MR) is 81.3 cm³/mol. The number of aliphatic hydroxyl groups is 1. The van der Waals surface area contributed by atoms with E-state index in [1.807, 2.05) is 18.2 Å². The summed E-state index contributed by atoms with van der Waals surface area (Å²) in [6.45, 7) is 0. The van der Waals surface area contributed by atoms with Crippen LogP contribution in [0.2, 0.25) is 5.02 Å². The summed E-state index contributed by atoms with van der Waals surface area (Å²) in [6, 6.07) is 5.14. The lowest BCUT2D eigenvalue weighted by Crippen LogP contribution is -2.32. The molecule has 0 heterocycles. The van der Waals surface area contributed by atoms with Gasteiger partial charge in [0.25, 0.3) is 0 Å². The fourth-order valence-electron chi connectivity index (χ4n) is 2.55. The summed E-state index contributed by atoms with van der Waals surface area (Å²) in [6.07, 6.45) is 4.07. The van der Waals surface area contributed by atoms with Crippen LogP contribution >= 0.6 is 39.9 Å². The van der Waals surface area contributed by atoms with Crippen molar-refractivity contribution in [3.63, 3.8) is 0 Å². The summed E-state index contributed by atoms with van der Waals surface area (Å²) >= 11 is 9.43. The second-order valence-corrected chi connectivity index (χ2v) is 6.02. The molecule has 2 atom stereocenters. The highest BCUT2D eigenvalue weighted by Gasteiger charge is 2.29. The van der Waals surface area contributed by atoms with E-state index in [2.05, 4.69) is 15.9 Å². The third-order valence-electron chi connectivity index (χ3n) is 3.57.